The molecule has 86 valence electrons. The van der Waals surface area contributed by atoms with Crippen molar-refractivity contribution in [3.63, 3.8) is 0 Å². The molecular formula is C10H14N4O2. The predicted molar refractivity (Wildman–Crippen MR) is 59.3 cm³/mol. The minimum Gasteiger partial charge on any atom is -0.409 e. The van der Waals surface area contributed by atoms with Crippen LogP contribution in [-0.4, -0.2) is 40.4 Å². The van der Waals surface area contributed by atoms with Gasteiger partial charge in [-0.3, -0.25) is 4.79 Å². The van der Waals surface area contributed by atoms with Gasteiger partial charge in [0.05, 0.1) is 6.54 Å². The first-order chi connectivity index (χ1) is 7.54. The lowest BCUT2D eigenvalue weighted by molar-refractivity contribution is 0.0808. The van der Waals surface area contributed by atoms with Gasteiger partial charge in [0.15, 0.2) is 5.84 Å². The Morgan fingerprint density at radius 3 is 2.88 bits per heavy atom. The van der Waals surface area contributed by atoms with Gasteiger partial charge in [0.2, 0.25) is 0 Å². The van der Waals surface area contributed by atoms with E-state index in [0.29, 0.717) is 5.69 Å². The summed E-state index contributed by atoms with van der Waals surface area (Å²) in [4.78, 5) is 17.2. The molecule has 0 radical (unpaired) electrons. The van der Waals surface area contributed by atoms with Gasteiger partial charge < -0.3 is 15.8 Å². The third kappa shape index (κ3) is 2.94. The van der Waals surface area contributed by atoms with Crippen LogP contribution in [0.15, 0.2) is 23.4 Å². The van der Waals surface area contributed by atoms with E-state index in [4.69, 9.17) is 10.9 Å². The van der Waals surface area contributed by atoms with Crippen LogP contribution in [0.25, 0.3) is 0 Å². The van der Waals surface area contributed by atoms with Crippen LogP contribution < -0.4 is 5.73 Å². The van der Waals surface area contributed by atoms with Crippen LogP contribution in [0.3, 0.4) is 0 Å². The molecule has 0 aliphatic heterocycles. The molecule has 0 saturated heterocycles. The van der Waals surface area contributed by atoms with Crippen molar-refractivity contribution in [1.82, 2.24) is 9.88 Å². The lowest BCUT2D eigenvalue weighted by atomic mass is 10.3. The Morgan fingerprint density at radius 1 is 1.62 bits per heavy atom. The van der Waals surface area contributed by atoms with E-state index in [-0.39, 0.29) is 18.3 Å². The van der Waals surface area contributed by atoms with Crippen molar-refractivity contribution in [1.29, 1.82) is 0 Å². The summed E-state index contributed by atoms with van der Waals surface area (Å²) in [7, 11) is 1.56. The maximum atomic E-state index is 11.8. The minimum absolute atomic E-state index is 0.0245. The third-order valence-electron chi connectivity index (χ3n) is 1.98. The van der Waals surface area contributed by atoms with Crippen LogP contribution in [-0.2, 0) is 0 Å². The molecule has 0 aromatic carbocycles. The third-order valence-corrected chi connectivity index (χ3v) is 1.98. The molecule has 1 aromatic rings. The summed E-state index contributed by atoms with van der Waals surface area (Å²) in [5.41, 5.74) is 6.41. The number of pyridine rings is 1. The Bertz CT molecular complexity index is 417. The number of nitrogens with zero attached hydrogens (tertiary/aromatic N) is 3. The zero-order chi connectivity index (χ0) is 12.1. The number of rotatable bonds is 3. The second-order valence-corrected chi connectivity index (χ2v) is 3.42. The number of likely N-dealkylation sites (N-methyl/N-ethyl adjacent to an activating group) is 1. The highest BCUT2D eigenvalue weighted by Gasteiger charge is 2.14. The fraction of sp³-hybridized carbons (Fsp3) is 0.300. The molecule has 1 aromatic heterocycles. The number of aromatic nitrogens is 1. The van der Waals surface area contributed by atoms with Crippen molar-refractivity contribution in [3.8, 4) is 0 Å². The lowest BCUT2D eigenvalue weighted by Gasteiger charge is -2.15. The van der Waals surface area contributed by atoms with Crippen molar-refractivity contribution in [2.75, 3.05) is 13.6 Å². The van der Waals surface area contributed by atoms with Crippen LogP contribution in [0.5, 0.6) is 0 Å². The van der Waals surface area contributed by atoms with Crippen LogP contribution in [0.4, 0.5) is 0 Å². The topological polar surface area (TPSA) is 91.8 Å². The first-order valence-electron chi connectivity index (χ1n) is 4.70. The van der Waals surface area contributed by atoms with Gasteiger partial charge in [-0.1, -0.05) is 11.2 Å². The van der Waals surface area contributed by atoms with E-state index in [1.165, 1.54) is 4.90 Å². The molecule has 0 unspecified atom stereocenters. The summed E-state index contributed by atoms with van der Waals surface area (Å²) in [5, 5.41) is 11.2. The second kappa shape index (κ2) is 5.11. The highest BCUT2D eigenvalue weighted by molar-refractivity contribution is 5.95. The molecule has 6 heteroatoms. The zero-order valence-electron chi connectivity index (χ0n) is 9.21. The molecule has 3 N–H and O–H groups in total. The fourth-order valence-electron chi connectivity index (χ4n) is 1.20. The van der Waals surface area contributed by atoms with E-state index in [0.717, 1.165) is 5.69 Å². The summed E-state index contributed by atoms with van der Waals surface area (Å²) in [6.45, 7) is 1.87. The Kier molecular flexibility index (Phi) is 3.82. The fourth-order valence-corrected chi connectivity index (χ4v) is 1.20. The second-order valence-electron chi connectivity index (χ2n) is 3.42. The van der Waals surface area contributed by atoms with E-state index in [2.05, 4.69) is 10.1 Å². The molecule has 0 aliphatic rings. The number of aryl methyl sites for hydroxylation is 1. The molecule has 0 bridgehead atoms. The monoisotopic (exact) mass is 222 g/mol. The molecule has 0 aliphatic carbocycles. The quantitative estimate of drug-likeness (QED) is 0.331. The molecule has 1 rings (SSSR count). The summed E-state index contributed by atoms with van der Waals surface area (Å²) < 4.78 is 0. The maximum Gasteiger partial charge on any atom is 0.272 e. The molecular weight excluding hydrogens is 208 g/mol. The standard InChI is InChI=1S/C10H14N4O2/c1-7-4-3-5-8(12-7)10(15)14(2)6-9(11)13-16/h3-5,16H,6H2,1-2H3,(H2,11,13). The first kappa shape index (κ1) is 12.0. The summed E-state index contributed by atoms with van der Waals surface area (Å²) >= 11 is 0. The molecule has 0 saturated carbocycles. The highest BCUT2D eigenvalue weighted by Crippen LogP contribution is 2.01. The van der Waals surface area contributed by atoms with Gasteiger partial charge in [0.1, 0.15) is 5.69 Å². The molecule has 0 atom stereocenters. The number of amidine groups is 1. The summed E-state index contributed by atoms with van der Waals surface area (Å²) in [6, 6.07) is 5.19. The average Bonchev–Trinajstić information content (AvgIpc) is 2.27. The van der Waals surface area contributed by atoms with Gasteiger partial charge in [-0.25, -0.2) is 4.98 Å². The average molecular weight is 222 g/mol. The molecule has 1 amide bonds. The SMILES string of the molecule is Cc1cccc(C(=O)N(C)CC(N)=NO)n1. The van der Waals surface area contributed by atoms with Crippen molar-refractivity contribution in [2.45, 2.75) is 6.92 Å². The van der Waals surface area contributed by atoms with E-state index >= 15 is 0 Å². The number of nitrogens with two attached hydrogens (primary N) is 1. The zero-order valence-corrected chi connectivity index (χ0v) is 9.21. The Labute approximate surface area is 93.4 Å². The Hall–Kier alpha value is -2.11. The van der Waals surface area contributed by atoms with Gasteiger partial charge in [-0.2, -0.15) is 0 Å². The van der Waals surface area contributed by atoms with Crippen molar-refractivity contribution >= 4 is 11.7 Å². The smallest absolute Gasteiger partial charge is 0.272 e. The lowest BCUT2D eigenvalue weighted by Crippen LogP contribution is -2.36. The summed E-state index contributed by atoms with van der Waals surface area (Å²) in [5.74, 6) is -0.293. The van der Waals surface area contributed by atoms with Crippen LogP contribution >= 0.6 is 0 Å². The van der Waals surface area contributed by atoms with Crippen molar-refractivity contribution in [3.05, 3.63) is 29.6 Å². The van der Waals surface area contributed by atoms with Crippen molar-refractivity contribution in [2.24, 2.45) is 10.9 Å². The van der Waals surface area contributed by atoms with E-state index in [9.17, 15) is 4.79 Å². The number of carbonyl (C=O) groups excluding carboxylic acids is 1. The molecule has 16 heavy (non-hydrogen) atoms. The largest absolute Gasteiger partial charge is 0.409 e. The van der Waals surface area contributed by atoms with Gasteiger partial charge in [0.25, 0.3) is 5.91 Å². The number of hydrogen-bond donors (Lipinski definition) is 2. The van der Waals surface area contributed by atoms with Gasteiger partial charge in [0, 0.05) is 12.7 Å². The summed E-state index contributed by atoms with van der Waals surface area (Å²) in [6.07, 6.45) is 0. The molecule has 6 nitrogen and oxygen atoms in total. The van der Waals surface area contributed by atoms with Gasteiger partial charge >= 0.3 is 0 Å². The van der Waals surface area contributed by atoms with Crippen LogP contribution in [0.2, 0.25) is 0 Å². The van der Waals surface area contributed by atoms with Gasteiger partial charge in [-0.05, 0) is 19.1 Å². The first-order valence-corrected chi connectivity index (χ1v) is 4.70. The minimum atomic E-state index is -0.268. The van der Waals surface area contributed by atoms with E-state index < -0.39 is 0 Å². The van der Waals surface area contributed by atoms with Crippen LogP contribution in [0, 0.1) is 6.92 Å². The Morgan fingerprint density at radius 2 is 2.31 bits per heavy atom. The molecule has 0 spiro atoms. The molecule has 0 fully saturated rings. The maximum absolute atomic E-state index is 11.8. The normalized spacial score (nSPS) is 11.2. The number of amides is 1. The number of carbonyl (C=O) groups is 1. The molecule has 1 heterocycles. The predicted octanol–water partition coefficient (Wildman–Crippen LogP) is 0.208. The Balaban J connectivity index is 2.78. The van der Waals surface area contributed by atoms with Crippen LogP contribution in [0.1, 0.15) is 16.2 Å². The number of oxime groups is 1. The van der Waals surface area contributed by atoms with Crippen molar-refractivity contribution < 1.29 is 10.0 Å². The highest BCUT2D eigenvalue weighted by atomic mass is 16.4. The van der Waals surface area contributed by atoms with E-state index in [1.807, 2.05) is 0 Å². The van der Waals surface area contributed by atoms with E-state index in [1.54, 1.807) is 32.2 Å². The number of hydrogen-bond acceptors (Lipinski definition) is 4. The van der Waals surface area contributed by atoms with Gasteiger partial charge in [-0.15, -0.1) is 0 Å².